The third-order valence-electron chi connectivity index (χ3n) is 2.71. The Kier molecular flexibility index (Phi) is 3.72. The first-order chi connectivity index (χ1) is 6.91. The number of nitrogens with zero attached hydrogens (tertiary/aromatic N) is 2. The summed E-state index contributed by atoms with van der Waals surface area (Å²) < 4.78 is 0. The van der Waals surface area contributed by atoms with Gasteiger partial charge in [0.05, 0.1) is 12.6 Å². The number of hydrogen-bond donors (Lipinski definition) is 0. The highest BCUT2D eigenvalue weighted by molar-refractivity contribution is 5.85. The number of urea groups is 1. The quantitative estimate of drug-likeness (QED) is 0.706. The number of carbonyl (C=O) groups is 2. The highest BCUT2D eigenvalue weighted by Crippen LogP contribution is 2.19. The Hall–Kier alpha value is -1.06. The molecule has 0 N–H and O–H groups in total. The van der Waals surface area contributed by atoms with Crippen LogP contribution in [0.2, 0.25) is 0 Å². The number of ketones is 1. The van der Waals surface area contributed by atoms with Gasteiger partial charge >= 0.3 is 6.03 Å². The minimum Gasteiger partial charge on any atom is -0.323 e. The monoisotopic (exact) mass is 212 g/mol. The van der Waals surface area contributed by atoms with Crippen molar-refractivity contribution in [3.05, 3.63) is 0 Å². The maximum atomic E-state index is 11.7. The van der Waals surface area contributed by atoms with Gasteiger partial charge in [0.2, 0.25) is 0 Å². The molecule has 0 spiro atoms. The fraction of sp³-hybridized carbons (Fsp3) is 0.818. The lowest BCUT2D eigenvalue weighted by Gasteiger charge is -2.19. The summed E-state index contributed by atoms with van der Waals surface area (Å²) >= 11 is 0. The topological polar surface area (TPSA) is 40.6 Å². The van der Waals surface area contributed by atoms with Crippen molar-refractivity contribution in [2.75, 3.05) is 20.1 Å². The molecule has 1 heterocycles. The molecule has 0 radical (unpaired) electrons. The van der Waals surface area contributed by atoms with Gasteiger partial charge < -0.3 is 9.80 Å². The molecule has 0 aromatic rings. The predicted molar refractivity (Wildman–Crippen MR) is 58.7 cm³/mol. The summed E-state index contributed by atoms with van der Waals surface area (Å²) in [5, 5.41) is 0. The van der Waals surface area contributed by atoms with Crippen molar-refractivity contribution in [1.82, 2.24) is 9.80 Å². The summed E-state index contributed by atoms with van der Waals surface area (Å²) in [5.74, 6) is 0.615. The summed E-state index contributed by atoms with van der Waals surface area (Å²) in [6.45, 7) is 6.74. The van der Waals surface area contributed by atoms with Gasteiger partial charge in [-0.3, -0.25) is 4.79 Å². The lowest BCUT2D eigenvalue weighted by Crippen LogP contribution is -2.33. The van der Waals surface area contributed by atoms with Crippen LogP contribution in [-0.2, 0) is 4.79 Å². The first-order valence-corrected chi connectivity index (χ1v) is 5.43. The van der Waals surface area contributed by atoms with Gasteiger partial charge in [0.25, 0.3) is 0 Å². The van der Waals surface area contributed by atoms with Crippen LogP contribution < -0.4 is 0 Å². The van der Waals surface area contributed by atoms with Crippen molar-refractivity contribution in [1.29, 1.82) is 0 Å². The molecule has 15 heavy (non-hydrogen) atoms. The van der Waals surface area contributed by atoms with E-state index in [9.17, 15) is 9.59 Å². The van der Waals surface area contributed by atoms with E-state index in [1.165, 1.54) is 6.92 Å². The fourth-order valence-corrected chi connectivity index (χ4v) is 2.01. The van der Waals surface area contributed by atoms with Crippen LogP contribution in [0.5, 0.6) is 0 Å². The van der Waals surface area contributed by atoms with Crippen LogP contribution in [0.1, 0.15) is 27.2 Å². The zero-order chi connectivity index (χ0) is 11.6. The molecule has 0 aromatic heterocycles. The highest BCUT2D eigenvalue weighted by Gasteiger charge is 2.34. The molecule has 4 heteroatoms. The summed E-state index contributed by atoms with van der Waals surface area (Å²) in [7, 11) is 1.81. The standard InChI is InChI=1S/C11H20N2O2/c1-8(2)5-10-7-13(6-9(3)14)11(15)12(10)4/h8,10H,5-7H2,1-4H3. The van der Waals surface area contributed by atoms with Crippen LogP contribution >= 0.6 is 0 Å². The molecule has 4 nitrogen and oxygen atoms in total. The second-order valence-electron chi connectivity index (χ2n) is 4.76. The van der Waals surface area contributed by atoms with E-state index in [1.54, 1.807) is 9.80 Å². The van der Waals surface area contributed by atoms with E-state index in [4.69, 9.17) is 0 Å². The van der Waals surface area contributed by atoms with Crippen molar-refractivity contribution in [3.8, 4) is 0 Å². The van der Waals surface area contributed by atoms with E-state index in [0.29, 0.717) is 12.5 Å². The lowest BCUT2D eigenvalue weighted by atomic mass is 10.0. The average Bonchev–Trinajstić information content (AvgIpc) is 2.32. The smallest absolute Gasteiger partial charge is 0.320 e. The van der Waals surface area contributed by atoms with Crippen molar-refractivity contribution in [2.24, 2.45) is 5.92 Å². The fourth-order valence-electron chi connectivity index (χ4n) is 2.01. The number of carbonyl (C=O) groups excluding carboxylic acids is 2. The van der Waals surface area contributed by atoms with Crippen LogP contribution in [0.25, 0.3) is 0 Å². The molecule has 1 aliphatic heterocycles. The molecule has 0 aliphatic carbocycles. The van der Waals surface area contributed by atoms with Gasteiger partial charge in [-0.1, -0.05) is 13.8 Å². The molecule has 1 fully saturated rings. The number of likely N-dealkylation sites (N-methyl/N-ethyl adjacent to an activating group) is 1. The first kappa shape index (κ1) is 12.0. The van der Waals surface area contributed by atoms with E-state index in [-0.39, 0.29) is 24.4 Å². The van der Waals surface area contributed by atoms with Crippen molar-refractivity contribution < 1.29 is 9.59 Å². The number of hydrogen-bond acceptors (Lipinski definition) is 2. The van der Waals surface area contributed by atoms with Crippen LogP contribution in [-0.4, -0.2) is 47.8 Å². The zero-order valence-corrected chi connectivity index (χ0v) is 9.99. The summed E-state index contributed by atoms with van der Waals surface area (Å²) in [6, 6.07) is 0.243. The van der Waals surface area contributed by atoms with Crippen LogP contribution in [0.15, 0.2) is 0 Å². The average molecular weight is 212 g/mol. The molecule has 0 saturated carbocycles. The molecule has 2 amide bonds. The van der Waals surface area contributed by atoms with E-state index >= 15 is 0 Å². The van der Waals surface area contributed by atoms with Crippen molar-refractivity contribution in [2.45, 2.75) is 33.2 Å². The second-order valence-corrected chi connectivity index (χ2v) is 4.76. The molecule has 86 valence electrons. The third-order valence-corrected chi connectivity index (χ3v) is 2.71. The van der Waals surface area contributed by atoms with Gasteiger partial charge in [-0.15, -0.1) is 0 Å². The van der Waals surface area contributed by atoms with Gasteiger partial charge in [0.15, 0.2) is 0 Å². The minimum atomic E-state index is -0.0177. The molecule has 1 atom stereocenters. The zero-order valence-electron chi connectivity index (χ0n) is 9.99. The van der Waals surface area contributed by atoms with Gasteiger partial charge in [-0.25, -0.2) is 4.79 Å². The SMILES string of the molecule is CC(=O)CN1CC(CC(C)C)N(C)C1=O. The molecular formula is C11H20N2O2. The molecule has 0 aromatic carbocycles. The van der Waals surface area contributed by atoms with Crippen LogP contribution in [0.4, 0.5) is 4.79 Å². The maximum Gasteiger partial charge on any atom is 0.320 e. The minimum absolute atomic E-state index is 0.0177. The normalized spacial score (nSPS) is 21.7. The Morgan fingerprint density at radius 3 is 2.60 bits per heavy atom. The van der Waals surface area contributed by atoms with Gasteiger partial charge in [-0.05, 0) is 19.3 Å². The van der Waals surface area contributed by atoms with E-state index < -0.39 is 0 Å². The number of rotatable bonds is 4. The predicted octanol–water partition coefficient (Wildman–Crippen LogP) is 1.36. The van der Waals surface area contributed by atoms with Crippen molar-refractivity contribution >= 4 is 11.8 Å². The van der Waals surface area contributed by atoms with Gasteiger partial charge in [0, 0.05) is 13.6 Å². The molecular weight excluding hydrogens is 192 g/mol. The molecule has 1 unspecified atom stereocenters. The molecule has 0 bridgehead atoms. The largest absolute Gasteiger partial charge is 0.323 e. The summed E-state index contributed by atoms with van der Waals surface area (Å²) in [6.07, 6.45) is 0.997. The third kappa shape index (κ3) is 2.94. The van der Waals surface area contributed by atoms with E-state index in [1.807, 2.05) is 7.05 Å². The van der Waals surface area contributed by atoms with Gasteiger partial charge in [0.1, 0.15) is 5.78 Å². The summed E-state index contributed by atoms with van der Waals surface area (Å²) in [4.78, 5) is 26.1. The Morgan fingerprint density at radius 2 is 2.13 bits per heavy atom. The Balaban J connectivity index is 2.59. The highest BCUT2D eigenvalue weighted by atomic mass is 16.2. The molecule has 1 saturated heterocycles. The van der Waals surface area contributed by atoms with E-state index in [0.717, 1.165) is 6.42 Å². The Bertz CT molecular complexity index is 263. The molecule has 1 aliphatic rings. The van der Waals surface area contributed by atoms with Crippen LogP contribution in [0.3, 0.4) is 0 Å². The summed E-state index contributed by atoms with van der Waals surface area (Å²) in [5.41, 5.74) is 0. The number of Topliss-reactive ketones (excluding diaryl/α,β-unsaturated/α-hetero) is 1. The maximum absolute atomic E-state index is 11.7. The van der Waals surface area contributed by atoms with E-state index in [2.05, 4.69) is 13.8 Å². The van der Waals surface area contributed by atoms with Crippen LogP contribution in [0, 0.1) is 5.92 Å². The lowest BCUT2D eigenvalue weighted by molar-refractivity contribution is -0.117. The Morgan fingerprint density at radius 1 is 1.53 bits per heavy atom. The first-order valence-electron chi connectivity index (χ1n) is 5.43. The molecule has 1 rings (SSSR count). The van der Waals surface area contributed by atoms with Gasteiger partial charge in [-0.2, -0.15) is 0 Å². The number of amides is 2. The van der Waals surface area contributed by atoms with Crippen molar-refractivity contribution in [3.63, 3.8) is 0 Å². The Labute approximate surface area is 91.2 Å². The second kappa shape index (κ2) is 4.64.